The fourth-order valence-corrected chi connectivity index (χ4v) is 3.25. The first kappa shape index (κ1) is 17.4. The van der Waals surface area contributed by atoms with E-state index >= 15 is 0 Å². The van der Waals surface area contributed by atoms with E-state index in [9.17, 15) is 17.6 Å². The van der Waals surface area contributed by atoms with Gasteiger partial charge in [-0.25, -0.2) is 12.8 Å². The molecule has 2 aromatic rings. The summed E-state index contributed by atoms with van der Waals surface area (Å²) in [6.45, 7) is -0.455. The molecule has 0 bridgehead atoms. The van der Waals surface area contributed by atoms with E-state index in [4.69, 9.17) is 11.6 Å². The summed E-state index contributed by atoms with van der Waals surface area (Å²) in [4.78, 5) is 11.5. The third-order valence-corrected chi connectivity index (χ3v) is 5.07. The van der Waals surface area contributed by atoms with Crippen LogP contribution in [0.15, 0.2) is 53.4 Å². The number of hydrogen-bond acceptors (Lipinski definition) is 3. The predicted octanol–water partition coefficient (Wildman–Crippen LogP) is 2.74. The van der Waals surface area contributed by atoms with Crippen molar-refractivity contribution in [3.05, 3.63) is 59.4 Å². The van der Waals surface area contributed by atoms with Crippen LogP contribution in [0.1, 0.15) is 0 Å². The van der Waals surface area contributed by atoms with Crippen LogP contribution in [-0.4, -0.2) is 32.2 Å². The van der Waals surface area contributed by atoms with Gasteiger partial charge in [0, 0.05) is 17.8 Å². The van der Waals surface area contributed by atoms with Gasteiger partial charge in [-0.3, -0.25) is 4.79 Å². The molecule has 0 saturated heterocycles. The van der Waals surface area contributed by atoms with E-state index in [1.54, 1.807) is 18.2 Å². The molecule has 8 heteroatoms. The lowest BCUT2D eigenvalue weighted by molar-refractivity contribution is -0.116. The van der Waals surface area contributed by atoms with Crippen molar-refractivity contribution in [3.8, 4) is 0 Å². The Kier molecular flexibility index (Phi) is 5.35. The average molecular weight is 357 g/mol. The van der Waals surface area contributed by atoms with Gasteiger partial charge in [0.25, 0.3) is 0 Å². The van der Waals surface area contributed by atoms with E-state index in [-0.39, 0.29) is 0 Å². The normalized spacial score (nSPS) is 11.5. The standard InChI is InChI=1S/C15H14ClFN2O3S/c1-19(23(21,22)14-8-3-2-7-13(14)17)10-15(20)18-12-6-4-5-11(16)9-12/h2-9H,10H2,1H3,(H,18,20). The minimum Gasteiger partial charge on any atom is -0.325 e. The average Bonchev–Trinajstić information content (AvgIpc) is 2.47. The first-order chi connectivity index (χ1) is 10.8. The summed E-state index contributed by atoms with van der Waals surface area (Å²) in [7, 11) is -2.89. The number of sulfonamides is 1. The maximum absolute atomic E-state index is 13.7. The van der Waals surface area contributed by atoms with Crippen LogP contribution in [0.5, 0.6) is 0 Å². The number of carbonyl (C=O) groups excluding carboxylic acids is 1. The van der Waals surface area contributed by atoms with Crippen molar-refractivity contribution >= 4 is 33.2 Å². The van der Waals surface area contributed by atoms with Crippen LogP contribution in [0, 0.1) is 5.82 Å². The number of halogens is 2. The Morgan fingerprint density at radius 2 is 1.91 bits per heavy atom. The van der Waals surface area contributed by atoms with Crippen LogP contribution in [0.4, 0.5) is 10.1 Å². The molecule has 1 N–H and O–H groups in total. The van der Waals surface area contributed by atoms with Crippen LogP contribution >= 0.6 is 11.6 Å². The quantitative estimate of drug-likeness (QED) is 0.895. The summed E-state index contributed by atoms with van der Waals surface area (Å²) >= 11 is 5.80. The Balaban J connectivity index is 2.10. The number of nitrogens with one attached hydrogen (secondary N) is 1. The molecule has 122 valence electrons. The SMILES string of the molecule is CN(CC(=O)Nc1cccc(Cl)c1)S(=O)(=O)c1ccccc1F. The molecular formula is C15H14ClFN2O3S. The minimum absolute atomic E-state index is 0.440. The molecule has 2 aromatic carbocycles. The number of hydrogen-bond donors (Lipinski definition) is 1. The van der Waals surface area contributed by atoms with Gasteiger partial charge in [0.15, 0.2) is 0 Å². The van der Waals surface area contributed by atoms with Crippen molar-refractivity contribution in [2.24, 2.45) is 0 Å². The van der Waals surface area contributed by atoms with Gasteiger partial charge in [0.2, 0.25) is 15.9 Å². The molecule has 0 aliphatic heterocycles. The minimum atomic E-state index is -4.09. The highest BCUT2D eigenvalue weighted by Crippen LogP contribution is 2.18. The number of likely N-dealkylation sites (N-methyl/N-ethyl adjacent to an activating group) is 1. The van der Waals surface area contributed by atoms with Crippen LogP contribution in [0.2, 0.25) is 5.02 Å². The highest BCUT2D eigenvalue weighted by Gasteiger charge is 2.25. The zero-order valence-electron chi connectivity index (χ0n) is 12.2. The lowest BCUT2D eigenvalue weighted by Crippen LogP contribution is -2.35. The topological polar surface area (TPSA) is 66.5 Å². The zero-order valence-corrected chi connectivity index (χ0v) is 13.7. The van der Waals surface area contributed by atoms with E-state index in [1.165, 1.54) is 25.2 Å². The lowest BCUT2D eigenvalue weighted by Gasteiger charge is -2.17. The van der Waals surface area contributed by atoms with E-state index < -0.39 is 33.2 Å². The molecule has 1 amide bonds. The number of carbonyl (C=O) groups is 1. The van der Waals surface area contributed by atoms with Gasteiger partial charge in [0.05, 0.1) is 6.54 Å². The van der Waals surface area contributed by atoms with Crippen LogP contribution in [-0.2, 0) is 14.8 Å². The Bertz CT molecular complexity index is 827. The van der Waals surface area contributed by atoms with Crippen molar-refractivity contribution < 1.29 is 17.6 Å². The van der Waals surface area contributed by atoms with Crippen molar-refractivity contribution in [1.29, 1.82) is 0 Å². The molecule has 0 heterocycles. The van der Waals surface area contributed by atoms with E-state index in [0.717, 1.165) is 16.4 Å². The molecule has 0 saturated carbocycles. The maximum Gasteiger partial charge on any atom is 0.246 e. The molecule has 0 fully saturated rings. The number of amides is 1. The highest BCUT2D eigenvalue weighted by molar-refractivity contribution is 7.89. The highest BCUT2D eigenvalue weighted by atomic mass is 35.5. The van der Waals surface area contributed by atoms with Crippen LogP contribution < -0.4 is 5.32 Å². The van der Waals surface area contributed by atoms with E-state index in [2.05, 4.69) is 5.32 Å². The second-order valence-corrected chi connectivity index (χ2v) is 7.20. The monoisotopic (exact) mass is 356 g/mol. The second-order valence-electron chi connectivity index (χ2n) is 4.75. The van der Waals surface area contributed by atoms with Gasteiger partial charge in [-0.2, -0.15) is 4.31 Å². The molecule has 23 heavy (non-hydrogen) atoms. The van der Waals surface area contributed by atoms with Crippen LogP contribution in [0.25, 0.3) is 0 Å². The zero-order chi connectivity index (χ0) is 17.0. The van der Waals surface area contributed by atoms with Crippen LogP contribution in [0.3, 0.4) is 0 Å². The van der Waals surface area contributed by atoms with Gasteiger partial charge in [-0.15, -0.1) is 0 Å². The van der Waals surface area contributed by atoms with Crippen molar-refractivity contribution in [2.45, 2.75) is 4.90 Å². The molecular weight excluding hydrogens is 343 g/mol. The Labute approximate surface area is 138 Å². The van der Waals surface area contributed by atoms with Crippen molar-refractivity contribution in [2.75, 3.05) is 18.9 Å². The summed E-state index contributed by atoms with van der Waals surface area (Å²) in [5.41, 5.74) is 0.444. The Morgan fingerprint density at radius 1 is 1.22 bits per heavy atom. The third kappa shape index (κ3) is 4.28. The number of nitrogens with zero attached hydrogens (tertiary/aromatic N) is 1. The fourth-order valence-electron chi connectivity index (χ4n) is 1.88. The molecule has 0 spiro atoms. The molecule has 0 aliphatic carbocycles. The first-order valence-corrected chi connectivity index (χ1v) is 8.39. The molecule has 0 aliphatic rings. The van der Waals surface area contributed by atoms with Gasteiger partial charge < -0.3 is 5.32 Å². The largest absolute Gasteiger partial charge is 0.325 e. The molecule has 0 aromatic heterocycles. The lowest BCUT2D eigenvalue weighted by atomic mass is 10.3. The predicted molar refractivity (Wildman–Crippen MR) is 86.3 cm³/mol. The smallest absolute Gasteiger partial charge is 0.246 e. The Morgan fingerprint density at radius 3 is 2.57 bits per heavy atom. The summed E-state index contributed by atoms with van der Waals surface area (Å²) in [6, 6.07) is 11.4. The molecule has 2 rings (SSSR count). The van der Waals surface area contributed by atoms with Crippen molar-refractivity contribution in [1.82, 2.24) is 4.31 Å². The summed E-state index contributed by atoms with van der Waals surface area (Å²) in [5.74, 6) is -1.43. The molecule has 0 radical (unpaired) electrons. The second kappa shape index (κ2) is 7.08. The first-order valence-electron chi connectivity index (χ1n) is 6.57. The number of rotatable bonds is 5. The molecule has 0 atom stereocenters. The van der Waals surface area contributed by atoms with E-state index in [1.807, 2.05) is 0 Å². The van der Waals surface area contributed by atoms with E-state index in [0.29, 0.717) is 10.7 Å². The summed E-state index contributed by atoms with van der Waals surface area (Å²) < 4.78 is 39.0. The van der Waals surface area contributed by atoms with Gasteiger partial charge in [0.1, 0.15) is 10.7 Å². The van der Waals surface area contributed by atoms with Gasteiger partial charge in [-0.1, -0.05) is 29.8 Å². The fraction of sp³-hybridized carbons (Fsp3) is 0.133. The summed E-state index contributed by atoms with van der Waals surface area (Å²) in [5, 5.41) is 2.97. The molecule has 0 unspecified atom stereocenters. The van der Waals surface area contributed by atoms with Crippen molar-refractivity contribution in [3.63, 3.8) is 0 Å². The molecule has 5 nitrogen and oxygen atoms in total. The summed E-state index contributed by atoms with van der Waals surface area (Å²) in [6.07, 6.45) is 0. The Hall–Kier alpha value is -1.96. The van der Waals surface area contributed by atoms with Gasteiger partial charge in [-0.05, 0) is 30.3 Å². The number of benzene rings is 2. The third-order valence-electron chi connectivity index (χ3n) is 3.00. The number of anilines is 1. The van der Waals surface area contributed by atoms with Gasteiger partial charge >= 0.3 is 0 Å². The maximum atomic E-state index is 13.7.